The maximum atomic E-state index is 6.69. The molecule has 147 heavy (non-hydrogen) atoms. The molecule has 0 N–H and O–H groups in total. The Kier molecular flexibility index (Phi) is 19.9. The van der Waals surface area contributed by atoms with Gasteiger partial charge in [-0.15, -0.1) is 0 Å². The molecule has 686 valence electrons. The minimum atomic E-state index is 0.833. The van der Waals surface area contributed by atoms with E-state index in [4.69, 9.17) is 4.42 Å². The first kappa shape index (κ1) is 84.3. The van der Waals surface area contributed by atoms with Gasteiger partial charge in [0.05, 0.1) is 33.1 Å². The number of benzene rings is 25. The highest BCUT2D eigenvalue weighted by molar-refractivity contribution is 6.27. The van der Waals surface area contributed by atoms with Crippen molar-refractivity contribution in [1.82, 2.24) is 13.7 Å². The third-order valence-electron chi connectivity index (χ3n) is 30.3. The summed E-state index contributed by atoms with van der Waals surface area (Å²) in [5.41, 5.74) is 34.9. The standard InChI is InChI=1S/C140H90N6O/c1-5-28-91(29-6-1)92-54-68-107(69-55-92)141(108-72-58-96(59-73-108)118-48-26-32-94-30-13-15-42-116(94)118)112-79-65-102-85-126(136-124-46-18-22-51-132(124)145(139(136)129(102)88-112)105-38-9-3-10-39-105)98-62-76-110(77-63-98)142(109-74-60-97(61-75-109)119-49-27-33-95-31-14-16-43-117(95)119)113-80-66-103-86-127(137-125-47-19-23-52-133(125)146(140(137)130(103)89-113)106-40-11-4-12-41-106)101-35-25-34-100(84-101)93-56-70-111(71-57-93)143(115-81-83-122-121-45-20-24-53-134(121)147-135(122)90-115)114-78-64-99-67-82-123-120-44-17-21-50-131(120)144(138(123)128(99)87-114)104-36-7-2-8-37-104/h1-90H. The Morgan fingerprint density at radius 3 is 0.939 bits per heavy atom. The van der Waals surface area contributed by atoms with E-state index in [9.17, 15) is 0 Å². The molecule has 0 saturated heterocycles. The Morgan fingerprint density at radius 1 is 0.143 bits per heavy atom. The van der Waals surface area contributed by atoms with Crippen LogP contribution in [0.1, 0.15) is 0 Å². The summed E-state index contributed by atoms with van der Waals surface area (Å²) in [6.07, 6.45) is 0. The zero-order valence-corrected chi connectivity index (χ0v) is 80.1. The normalized spacial score (nSPS) is 11.8. The summed E-state index contributed by atoms with van der Waals surface area (Å²) in [5, 5.41) is 21.0. The van der Waals surface area contributed by atoms with Crippen LogP contribution in [0.2, 0.25) is 0 Å². The predicted molar refractivity (Wildman–Crippen MR) is 621 cm³/mol. The van der Waals surface area contributed by atoms with E-state index in [-0.39, 0.29) is 0 Å². The van der Waals surface area contributed by atoms with Crippen molar-refractivity contribution in [2.24, 2.45) is 0 Å². The van der Waals surface area contributed by atoms with Gasteiger partial charge < -0.3 is 32.8 Å². The van der Waals surface area contributed by atoms with Crippen molar-refractivity contribution in [3.05, 3.63) is 546 Å². The molecule has 0 fully saturated rings. The van der Waals surface area contributed by atoms with Crippen LogP contribution in [0.5, 0.6) is 0 Å². The third kappa shape index (κ3) is 14.2. The summed E-state index contributed by atoms with van der Waals surface area (Å²) in [6, 6.07) is 202. The minimum Gasteiger partial charge on any atom is -0.456 e. The summed E-state index contributed by atoms with van der Waals surface area (Å²) < 4.78 is 14.1. The molecule has 0 unspecified atom stereocenters. The molecule has 0 radical (unpaired) electrons. The first-order valence-electron chi connectivity index (χ1n) is 50.5. The molecule has 0 bridgehead atoms. The van der Waals surface area contributed by atoms with Gasteiger partial charge in [-0.05, 0) is 293 Å². The van der Waals surface area contributed by atoms with E-state index in [2.05, 4.69) is 568 Å². The lowest BCUT2D eigenvalue weighted by Gasteiger charge is -2.27. The van der Waals surface area contributed by atoms with E-state index in [0.29, 0.717) is 0 Å². The number of rotatable bonds is 18. The Morgan fingerprint density at radius 2 is 0.442 bits per heavy atom. The quantitative estimate of drug-likeness (QED) is 0.0858. The molecule has 0 aliphatic rings. The Hall–Kier alpha value is -19.6. The van der Waals surface area contributed by atoms with Crippen molar-refractivity contribution in [2.45, 2.75) is 0 Å². The molecule has 0 saturated carbocycles. The smallest absolute Gasteiger partial charge is 0.137 e. The number of nitrogens with zero attached hydrogens (tertiary/aromatic N) is 6. The predicted octanol–water partition coefficient (Wildman–Crippen LogP) is 39.1. The van der Waals surface area contributed by atoms with Crippen LogP contribution in [0.4, 0.5) is 51.2 Å². The van der Waals surface area contributed by atoms with Gasteiger partial charge in [0, 0.05) is 134 Å². The topological polar surface area (TPSA) is 37.6 Å². The highest BCUT2D eigenvalue weighted by Crippen LogP contribution is 2.52. The van der Waals surface area contributed by atoms with Crippen molar-refractivity contribution in [3.63, 3.8) is 0 Å². The lowest BCUT2D eigenvalue weighted by Crippen LogP contribution is -2.10. The summed E-state index contributed by atoms with van der Waals surface area (Å²) in [5.74, 6) is 0. The maximum Gasteiger partial charge on any atom is 0.137 e. The van der Waals surface area contributed by atoms with Crippen LogP contribution < -0.4 is 14.7 Å². The molecule has 4 aromatic heterocycles. The van der Waals surface area contributed by atoms with Crippen molar-refractivity contribution < 1.29 is 4.42 Å². The van der Waals surface area contributed by atoms with Gasteiger partial charge in [-0.1, -0.05) is 352 Å². The van der Waals surface area contributed by atoms with Gasteiger partial charge in [0.25, 0.3) is 0 Å². The fourth-order valence-corrected chi connectivity index (χ4v) is 23.5. The zero-order chi connectivity index (χ0) is 96.7. The molecule has 7 heteroatoms. The van der Waals surface area contributed by atoms with Gasteiger partial charge in [0.1, 0.15) is 11.2 Å². The van der Waals surface area contributed by atoms with Crippen LogP contribution in [0.3, 0.4) is 0 Å². The molecular weight excluding hydrogens is 1780 g/mol. The van der Waals surface area contributed by atoms with Gasteiger partial charge >= 0.3 is 0 Å². The molecule has 7 nitrogen and oxygen atoms in total. The van der Waals surface area contributed by atoms with Crippen LogP contribution >= 0.6 is 0 Å². The second kappa shape index (κ2) is 34.7. The van der Waals surface area contributed by atoms with E-state index in [1.165, 1.54) is 87.1 Å². The molecule has 29 rings (SSSR count). The first-order chi connectivity index (χ1) is 72.9. The van der Waals surface area contributed by atoms with Crippen LogP contribution in [-0.4, -0.2) is 13.7 Å². The average Bonchev–Trinajstić information content (AvgIpc) is 1.55. The summed E-state index contributed by atoms with van der Waals surface area (Å²) in [6.45, 7) is 0. The minimum absolute atomic E-state index is 0.833. The molecule has 0 atom stereocenters. The fourth-order valence-electron chi connectivity index (χ4n) is 23.5. The van der Waals surface area contributed by atoms with E-state index in [0.717, 1.165) is 189 Å². The van der Waals surface area contributed by atoms with Crippen molar-refractivity contribution >= 4 is 192 Å². The molecule has 0 aliphatic heterocycles. The van der Waals surface area contributed by atoms with Gasteiger partial charge in [-0.2, -0.15) is 0 Å². The van der Waals surface area contributed by atoms with Crippen molar-refractivity contribution in [1.29, 1.82) is 0 Å². The van der Waals surface area contributed by atoms with Gasteiger partial charge in [-0.3, -0.25) is 0 Å². The number of fused-ring (bicyclic) bond motifs is 20. The number of furan rings is 1. The first-order valence-corrected chi connectivity index (χ1v) is 50.5. The van der Waals surface area contributed by atoms with E-state index >= 15 is 0 Å². The lowest BCUT2D eigenvalue weighted by atomic mass is 9.92. The summed E-state index contributed by atoms with van der Waals surface area (Å²) >= 11 is 0. The maximum absolute atomic E-state index is 6.69. The van der Waals surface area contributed by atoms with Gasteiger partial charge in [-0.25, -0.2) is 0 Å². The molecule has 4 heterocycles. The van der Waals surface area contributed by atoms with Gasteiger partial charge in [0.15, 0.2) is 0 Å². The number of anilines is 9. The third-order valence-corrected chi connectivity index (χ3v) is 30.3. The zero-order valence-electron chi connectivity index (χ0n) is 80.1. The summed E-state index contributed by atoms with van der Waals surface area (Å²) in [7, 11) is 0. The molecule has 0 spiro atoms. The van der Waals surface area contributed by atoms with E-state index < -0.39 is 0 Å². The van der Waals surface area contributed by atoms with Crippen LogP contribution in [0.15, 0.2) is 550 Å². The fraction of sp³-hybridized carbons (Fsp3) is 0. The molecular formula is C140H90N6O. The second-order valence-corrected chi connectivity index (χ2v) is 38.6. The van der Waals surface area contributed by atoms with E-state index in [1.807, 2.05) is 6.07 Å². The molecule has 29 aromatic rings. The van der Waals surface area contributed by atoms with Crippen molar-refractivity contribution in [2.75, 3.05) is 14.7 Å². The van der Waals surface area contributed by atoms with Crippen LogP contribution in [0, 0.1) is 0 Å². The van der Waals surface area contributed by atoms with Crippen LogP contribution in [0.25, 0.3) is 225 Å². The van der Waals surface area contributed by atoms with Crippen molar-refractivity contribution in [3.8, 4) is 83.8 Å². The largest absolute Gasteiger partial charge is 0.456 e. The monoisotopic (exact) mass is 1870 g/mol. The Balaban J connectivity index is 0.573. The molecule has 25 aromatic carbocycles. The molecule has 0 aliphatic carbocycles. The summed E-state index contributed by atoms with van der Waals surface area (Å²) in [4.78, 5) is 7.27. The number of para-hydroxylation sites is 7. The van der Waals surface area contributed by atoms with Gasteiger partial charge in [0.2, 0.25) is 0 Å². The van der Waals surface area contributed by atoms with E-state index in [1.54, 1.807) is 0 Å². The SMILES string of the molecule is c1ccc(-c2ccc(N(c3ccc(-c4cccc5ccccc45)cc3)c3ccc4cc(-c5ccc(N(c6ccc(-c7cccc8ccccc78)cc6)c6ccc7cc(-c8cccc(-c9ccc(N(c%10ccc%11c(c%10)oc%10ccccc%10%11)c%10ccc%11ccc%12c%13ccccc%13n(-c%13ccccc%13)c%12c%11c%10)cc9)c8)c8c9ccccc9n(-c9ccccc9)c8c7c6)cc5)c5c6ccccc6n(-c6ccccc6)c5c4c3)cc2)cc1. The number of hydrogen-bond donors (Lipinski definition) is 0. The highest BCUT2D eigenvalue weighted by Gasteiger charge is 2.29. The Bertz CT molecular complexity index is 10300. The lowest BCUT2D eigenvalue weighted by molar-refractivity contribution is 0.669. The average molecular weight is 1870 g/mol. The highest BCUT2D eigenvalue weighted by atomic mass is 16.3. The number of aromatic nitrogens is 3. The number of hydrogen-bond acceptors (Lipinski definition) is 4. The Labute approximate surface area is 848 Å². The van der Waals surface area contributed by atoms with Crippen LogP contribution in [-0.2, 0) is 0 Å². The molecule has 0 amide bonds. The second-order valence-electron chi connectivity index (χ2n) is 38.6.